The molecule has 0 aliphatic heterocycles. The predicted octanol–water partition coefficient (Wildman–Crippen LogP) is 2.84. The number of hydrogen-bond donors (Lipinski definition) is 1. The second-order valence-corrected chi connectivity index (χ2v) is 6.52. The maximum absolute atomic E-state index is 12.1. The van der Waals surface area contributed by atoms with Gasteiger partial charge >= 0.3 is 5.97 Å². The van der Waals surface area contributed by atoms with E-state index in [4.69, 9.17) is 4.74 Å². The van der Waals surface area contributed by atoms with Crippen LogP contribution in [0.3, 0.4) is 0 Å². The fourth-order valence-electron chi connectivity index (χ4n) is 1.48. The fourth-order valence-corrected chi connectivity index (χ4v) is 2.12. The Bertz CT molecular complexity index is 432. The molecule has 1 N–H and O–H groups in total. The lowest BCUT2D eigenvalue weighted by Crippen LogP contribution is -2.47. The van der Waals surface area contributed by atoms with Crippen molar-refractivity contribution in [3.63, 3.8) is 0 Å². The van der Waals surface area contributed by atoms with Crippen LogP contribution >= 0.6 is 11.3 Å². The lowest BCUT2D eigenvalue weighted by atomic mass is 10.0. The molecular formula is C14H21NO3S. The van der Waals surface area contributed by atoms with Crippen LogP contribution in [0.1, 0.15) is 45.0 Å². The zero-order valence-corrected chi connectivity index (χ0v) is 12.8. The van der Waals surface area contributed by atoms with Crippen LogP contribution in [0.5, 0.6) is 0 Å². The zero-order chi connectivity index (χ0) is 14.6. The Kier molecular flexibility index (Phi) is 5.11. The van der Waals surface area contributed by atoms with Crippen molar-refractivity contribution >= 4 is 23.2 Å². The molecule has 5 heteroatoms. The lowest BCUT2D eigenvalue weighted by Gasteiger charge is -2.26. The van der Waals surface area contributed by atoms with Crippen LogP contribution in [0.15, 0.2) is 16.8 Å². The standard InChI is InChI=1S/C14H21NO3S/c1-9(2)11(13(17)18-14(3,4)5)15-12(16)10-6-7-19-8-10/h6-9,11H,1-5H3,(H,15,16)/t11-/m0/s1. The van der Waals surface area contributed by atoms with E-state index >= 15 is 0 Å². The summed E-state index contributed by atoms with van der Waals surface area (Å²) in [6, 6.07) is 1.10. The number of ether oxygens (including phenoxy) is 1. The summed E-state index contributed by atoms with van der Waals surface area (Å²) in [6.45, 7) is 9.18. The highest BCUT2D eigenvalue weighted by Crippen LogP contribution is 2.13. The minimum absolute atomic E-state index is 0.0302. The van der Waals surface area contributed by atoms with Gasteiger partial charge in [-0.05, 0) is 38.1 Å². The number of hydrogen-bond acceptors (Lipinski definition) is 4. The summed E-state index contributed by atoms with van der Waals surface area (Å²) in [7, 11) is 0. The molecule has 1 heterocycles. The van der Waals surface area contributed by atoms with Crippen molar-refractivity contribution in [1.82, 2.24) is 5.32 Å². The molecule has 0 aliphatic rings. The molecule has 1 amide bonds. The molecule has 19 heavy (non-hydrogen) atoms. The molecule has 0 unspecified atom stereocenters. The molecule has 0 saturated heterocycles. The maximum atomic E-state index is 12.1. The van der Waals surface area contributed by atoms with Crippen molar-refractivity contribution in [3.05, 3.63) is 22.4 Å². The van der Waals surface area contributed by atoms with Gasteiger partial charge in [0.15, 0.2) is 0 Å². The maximum Gasteiger partial charge on any atom is 0.329 e. The third kappa shape index (κ3) is 5.03. The first-order chi connectivity index (χ1) is 8.70. The highest BCUT2D eigenvalue weighted by atomic mass is 32.1. The van der Waals surface area contributed by atoms with Crippen LogP contribution < -0.4 is 5.32 Å². The van der Waals surface area contributed by atoms with Gasteiger partial charge in [-0.2, -0.15) is 11.3 Å². The van der Waals surface area contributed by atoms with Crippen molar-refractivity contribution in [2.45, 2.75) is 46.3 Å². The smallest absolute Gasteiger partial charge is 0.329 e. The van der Waals surface area contributed by atoms with Crippen LogP contribution in [0.4, 0.5) is 0 Å². The van der Waals surface area contributed by atoms with E-state index in [0.29, 0.717) is 5.56 Å². The number of carbonyl (C=O) groups is 2. The Morgan fingerprint density at radius 3 is 2.37 bits per heavy atom. The van der Waals surface area contributed by atoms with E-state index in [0.717, 1.165) is 0 Å². The normalized spacial score (nSPS) is 13.2. The summed E-state index contributed by atoms with van der Waals surface area (Å²) >= 11 is 1.44. The molecular weight excluding hydrogens is 262 g/mol. The van der Waals surface area contributed by atoms with Gasteiger partial charge in [0.25, 0.3) is 5.91 Å². The predicted molar refractivity (Wildman–Crippen MR) is 76.3 cm³/mol. The molecule has 0 spiro atoms. The number of thiophene rings is 1. The lowest BCUT2D eigenvalue weighted by molar-refractivity contribution is -0.158. The van der Waals surface area contributed by atoms with Gasteiger partial charge in [0.2, 0.25) is 0 Å². The second kappa shape index (κ2) is 6.19. The number of amides is 1. The van der Waals surface area contributed by atoms with Crippen LogP contribution in [-0.4, -0.2) is 23.5 Å². The first kappa shape index (κ1) is 15.7. The Hall–Kier alpha value is -1.36. The number of rotatable bonds is 4. The molecule has 1 atom stereocenters. The molecule has 0 aromatic carbocycles. The highest BCUT2D eigenvalue weighted by Gasteiger charge is 2.29. The van der Waals surface area contributed by atoms with E-state index in [-0.39, 0.29) is 11.8 Å². The monoisotopic (exact) mass is 283 g/mol. The van der Waals surface area contributed by atoms with E-state index in [1.807, 2.05) is 40.0 Å². The van der Waals surface area contributed by atoms with E-state index in [2.05, 4.69) is 5.32 Å². The van der Waals surface area contributed by atoms with Gasteiger partial charge in [0.05, 0.1) is 5.56 Å². The minimum Gasteiger partial charge on any atom is -0.458 e. The van der Waals surface area contributed by atoms with Crippen molar-refractivity contribution in [2.24, 2.45) is 5.92 Å². The van der Waals surface area contributed by atoms with Gasteiger partial charge in [-0.1, -0.05) is 13.8 Å². The third-order valence-corrected chi connectivity index (χ3v) is 3.08. The van der Waals surface area contributed by atoms with Gasteiger partial charge in [-0.3, -0.25) is 4.79 Å². The number of esters is 1. The van der Waals surface area contributed by atoms with Crippen molar-refractivity contribution in [3.8, 4) is 0 Å². The molecule has 4 nitrogen and oxygen atoms in total. The molecule has 1 rings (SSSR count). The van der Waals surface area contributed by atoms with Gasteiger partial charge in [-0.15, -0.1) is 0 Å². The summed E-state index contributed by atoms with van der Waals surface area (Å²) in [4.78, 5) is 24.0. The molecule has 0 fully saturated rings. The van der Waals surface area contributed by atoms with E-state index in [9.17, 15) is 9.59 Å². The van der Waals surface area contributed by atoms with Crippen molar-refractivity contribution < 1.29 is 14.3 Å². The SMILES string of the molecule is CC(C)[C@H](NC(=O)c1ccsc1)C(=O)OC(C)(C)C. The average Bonchev–Trinajstić information content (AvgIpc) is 2.75. The van der Waals surface area contributed by atoms with Gasteiger partial charge in [0, 0.05) is 5.38 Å². The average molecular weight is 283 g/mol. The largest absolute Gasteiger partial charge is 0.458 e. The summed E-state index contributed by atoms with van der Waals surface area (Å²) in [5.74, 6) is -0.672. The molecule has 0 aliphatic carbocycles. The van der Waals surface area contributed by atoms with Gasteiger partial charge < -0.3 is 10.1 Å². The second-order valence-electron chi connectivity index (χ2n) is 5.74. The quantitative estimate of drug-likeness (QED) is 0.864. The van der Waals surface area contributed by atoms with E-state index < -0.39 is 17.6 Å². The van der Waals surface area contributed by atoms with E-state index in [1.165, 1.54) is 11.3 Å². The minimum atomic E-state index is -0.633. The van der Waals surface area contributed by atoms with Crippen molar-refractivity contribution in [1.29, 1.82) is 0 Å². The number of nitrogens with one attached hydrogen (secondary N) is 1. The van der Waals surface area contributed by atoms with Crippen LogP contribution in [-0.2, 0) is 9.53 Å². The Morgan fingerprint density at radius 2 is 1.95 bits per heavy atom. The van der Waals surface area contributed by atoms with Gasteiger partial charge in [0.1, 0.15) is 11.6 Å². The first-order valence-electron chi connectivity index (χ1n) is 6.26. The molecule has 1 aromatic rings. The molecule has 1 aromatic heterocycles. The van der Waals surface area contributed by atoms with Gasteiger partial charge in [-0.25, -0.2) is 4.79 Å². The van der Waals surface area contributed by atoms with Crippen LogP contribution in [0, 0.1) is 5.92 Å². The summed E-state index contributed by atoms with van der Waals surface area (Å²) in [5, 5.41) is 6.31. The summed E-state index contributed by atoms with van der Waals surface area (Å²) in [6.07, 6.45) is 0. The zero-order valence-electron chi connectivity index (χ0n) is 12.0. The molecule has 0 radical (unpaired) electrons. The summed E-state index contributed by atoms with van der Waals surface area (Å²) < 4.78 is 5.33. The molecule has 0 bridgehead atoms. The van der Waals surface area contributed by atoms with E-state index in [1.54, 1.807) is 11.4 Å². The number of carbonyl (C=O) groups excluding carboxylic acids is 2. The Labute approximate surface area is 118 Å². The summed E-state index contributed by atoms with van der Waals surface area (Å²) in [5.41, 5.74) is 0.0105. The third-order valence-electron chi connectivity index (χ3n) is 2.40. The topological polar surface area (TPSA) is 55.4 Å². The fraction of sp³-hybridized carbons (Fsp3) is 0.571. The Balaban J connectivity index is 2.73. The molecule has 106 valence electrons. The van der Waals surface area contributed by atoms with Crippen LogP contribution in [0.25, 0.3) is 0 Å². The molecule has 0 saturated carbocycles. The van der Waals surface area contributed by atoms with Crippen molar-refractivity contribution in [2.75, 3.05) is 0 Å². The first-order valence-corrected chi connectivity index (χ1v) is 7.21. The Morgan fingerprint density at radius 1 is 1.32 bits per heavy atom. The van der Waals surface area contributed by atoms with Crippen LogP contribution in [0.2, 0.25) is 0 Å². The highest BCUT2D eigenvalue weighted by molar-refractivity contribution is 7.08.